The molecule has 4 aliphatic rings. The van der Waals surface area contributed by atoms with Crippen LogP contribution in [0.3, 0.4) is 0 Å². The number of fused-ring (bicyclic) bond motifs is 5. The second-order valence-electron chi connectivity index (χ2n) is 9.48. The highest BCUT2D eigenvalue weighted by molar-refractivity contribution is 5.81. The van der Waals surface area contributed by atoms with Gasteiger partial charge in [-0.1, -0.05) is 19.4 Å². The third-order valence-corrected chi connectivity index (χ3v) is 8.70. The van der Waals surface area contributed by atoms with Crippen LogP contribution in [-0.4, -0.2) is 35.0 Å². The lowest BCUT2D eigenvalue weighted by Crippen LogP contribution is -2.61. The molecule has 4 fully saturated rings. The number of amides is 1. The Morgan fingerprint density at radius 1 is 1.12 bits per heavy atom. The van der Waals surface area contributed by atoms with Crippen molar-refractivity contribution in [2.24, 2.45) is 28.6 Å². The zero-order chi connectivity index (χ0) is 18.0. The molecule has 6 atom stereocenters. The third-order valence-electron chi connectivity index (χ3n) is 8.70. The van der Waals surface area contributed by atoms with E-state index in [2.05, 4.69) is 13.8 Å². The van der Waals surface area contributed by atoms with Gasteiger partial charge in [0.1, 0.15) is 0 Å². The van der Waals surface area contributed by atoms with Crippen molar-refractivity contribution in [3.05, 3.63) is 11.6 Å². The van der Waals surface area contributed by atoms with Gasteiger partial charge in [-0.15, -0.1) is 0 Å². The number of carboxylic acids is 1. The number of nitrogens with zero attached hydrogens (tertiary/aromatic N) is 1. The van der Waals surface area contributed by atoms with Gasteiger partial charge in [-0.3, -0.25) is 4.79 Å². The van der Waals surface area contributed by atoms with Gasteiger partial charge in [-0.05, 0) is 73.5 Å². The zero-order valence-electron chi connectivity index (χ0n) is 15.8. The van der Waals surface area contributed by atoms with Gasteiger partial charge in [0.05, 0.1) is 0 Å². The second-order valence-corrected chi connectivity index (χ2v) is 9.48. The Kier molecular flexibility index (Phi) is 3.82. The quantitative estimate of drug-likeness (QED) is 0.734. The maximum absolute atomic E-state index is 12.2. The molecule has 0 unspecified atom stereocenters. The van der Waals surface area contributed by atoms with E-state index in [0.29, 0.717) is 36.1 Å². The summed E-state index contributed by atoms with van der Waals surface area (Å²) in [5.41, 5.74) is 1.50. The average molecular weight is 345 g/mol. The summed E-state index contributed by atoms with van der Waals surface area (Å²) < 4.78 is 0. The first-order chi connectivity index (χ1) is 11.8. The van der Waals surface area contributed by atoms with Gasteiger partial charge in [0, 0.05) is 25.6 Å². The second kappa shape index (κ2) is 5.59. The van der Waals surface area contributed by atoms with Crippen LogP contribution in [0.25, 0.3) is 0 Å². The molecule has 4 nitrogen and oxygen atoms in total. The number of carbonyl (C=O) groups excluding carboxylic acids is 1. The number of hydrogen-bond donors (Lipinski definition) is 1. The molecule has 25 heavy (non-hydrogen) atoms. The van der Waals surface area contributed by atoms with Crippen LogP contribution in [-0.2, 0) is 9.59 Å². The van der Waals surface area contributed by atoms with Gasteiger partial charge in [-0.2, -0.15) is 0 Å². The number of hydrogen-bond acceptors (Lipinski definition) is 2. The minimum atomic E-state index is -0.790. The van der Waals surface area contributed by atoms with E-state index in [-0.39, 0.29) is 10.8 Å². The topological polar surface area (TPSA) is 57.6 Å². The summed E-state index contributed by atoms with van der Waals surface area (Å²) in [6.45, 7) is 4.75. The minimum absolute atomic E-state index is 0.0825. The van der Waals surface area contributed by atoms with E-state index in [4.69, 9.17) is 0 Å². The Morgan fingerprint density at radius 3 is 2.60 bits per heavy atom. The van der Waals surface area contributed by atoms with Crippen LogP contribution in [0, 0.1) is 28.6 Å². The Labute approximate surface area is 150 Å². The molecule has 0 bridgehead atoms. The lowest BCUT2D eigenvalue weighted by molar-refractivity contribution is -0.156. The first-order valence-electron chi connectivity index (χ1n) is 9.97. The maximum atomic E-state index is 12.2. The molecule has 138 valence electrons. The number of allylic oxidation sites excluding steroid dienone is 1. The fraction of sp³-hybridized carbons (Fsp3) is 0.810. The molecule has 1 heterocycles. The summed E-state index contributed by atoms with van der Waals surface area (Å²) in [6.07, 6.45) is 9.93. The molecule has 0 radical (unpaired) electrons. The minimum Gasteiger partial charge on any atom is -0.478 e. The van der Waals surface area contributed by atoms with Crippen LogP contribution < -0.4 is 0 Å². The predicted octanol–water partition coefficient (Wildman–Crippen LogP) is 3.86. The molecular formula is C21H31NO3. The van der Waals surface area contributed by atoms with E-state index in [9.17, 15) is 14.7 Å². The molecule has 4 rings (SSSR count). The fourth-order valence-corrected chi connectivity index (χ4v) is 7.38. The largest absolute Gasteiger partial charge is 0.478 e. The van der Waals surface area contributed by atoms with Gasteiger partial charge in [0.2, 0.25) is 5.91 Å². The molecule has 3 aliphatic carbocycles. The Bertz CT molecular complexity index is 641. The Hall–Kier alpha value is -1.32. The van der Waals surface area contributed by atoms with E-state index < -0.39 is 5.97 Å². The SMILES string of the molecule is CN1C(=O)CC[C@]2(C)[C@H]3CC[C@]4(C)/C(=C/C(=O)O)CC[C@H]4[C@@H]3CC[C@@H]12. The van der Waals surface area contributed by atoms with Gasteiger partial charge in [-0.25, -0.2) is 4.79 Å². The van der Waals surface area contributed by atoms with Crippen molar-refractivity contribution in [1.82, 2.24) is 4.90 Å². The fourth-order valence-electron chi connectivity index (χ4n) is 7.38. The third kappa shape index (κ3) is 2.32. The molecule has 0 aromatic heterocycles. The Balaban J connectivity index is 1.64. The highest BCUT2D eigenvalue weighted by atomic mass is 16.4. The monoisotopic (exact) mass is 345 g/mol. The number of piperidine rings is 1. The van der Waals surface area contributed by atoms with Crippen molar-refractivity contribution in [3.8, 4) is 0 Å². The number of rotatable bonds is 1. The highest BCUT2D eigenvalue weighted by Gasteiger charge is 2.60. The standard InChI is InChI=1S/C21H31NO3/c1-20-10-8-16-14(15(20)6-4-13(20)12-19(24)25)5-7-17-21(16,2)11-9-18(23)22(17)3/h12,14-17H,4-11H2,1-3H3,(H,24,25)/b13-12+/t14-,15-,16-,17+,20+,21+/m0/s1. The average Bonchev–Trinajstić information content (AvgIpc) is 2.88. The van der Waals surface area contributed by atoms with Crippen molar-refractivity contribution in [1.29, 1.82) is 0 Å². The van der Waals surface area contributed by atoms with Gasteiger partial charge in [0.25, 0.3) is 0 Å². The molecule has 3 saturated carbocycles. The van der Waals surface area contributed by atoms with Crippen LogP contribution in [0.5, 0.6) is 0 Å². The van der Waals surface area contributed by atoms with E-state index >= 15 is 0 Å². The summed E-state index contributed by atoms with van der Waals surface area (Å²) in [6, 6.07) is 0.398. The number of carboxylic acid groups (broad SMARTS) is 1. The molecule has 4 heteroatoms. The van der Waals surface area contributed by atoms with E-state index in [0.717, 1.165) is 32.1 Å². The zero-order valence-corrected chi connectivity index (χ0v) is 15.8. The smallest absolute Gasteiger partial charge is 0.328 e. The number of likely N-dealkylation sites (tertiary alicyclic amines) is 1. The molecular weight excluding hydrogens is 314 g/mol. The highest BCUT2D eigenvalue weighted by Crippen LogP contribution is 2.65. The predicted molar refractivity (Wildman–Crippen MR) is 95.9 cm³/mol. The van der Waals surface area contributed by atoms with Crippen molar-refractivity contribution in [2.45, 2.75) is 71.3 Å². The van der Waals surface area contributed by atoms with E-state index in [1.165, 1.54) is 24.5 Å². The van der Waals surface area contributed by atoms with Crippen LogP contribution in [0.15, 0.2) is 11.6 Å². The summed E-state index contributed by atoms with van der Waals surface area (Å²) in [5, 5.41) is 9.25. The lowest BCUT2D eigenvalue weighted by Gasteiger charge is -2.61. The van der Waals surface area contributed by atoms with Gasteiger partial charge in [0.15, 0.2) is 0 Å². The molecule has 1 N–H and O–H groups in total. The first kappa shape index (κ1) is 17.1. The van der Waals surface area contributed by atoms with E-state index in [1.54, 1.807) is 0 Å². The van der Waals surface area contributed by atoms with Gasteiger partial charge < -0.3 is 10.0 Å². The molecule has 1 amide bonds. The number of aliphatic carboxylic acids is 1. The summed E-state index contributed by atoms with van der Waals surface area (Å²) in [7, 11) is 2.00. The van der Waals surface area contributed by atoms with Gasteiger partial charge >= 0.3 is 5.97 Å². The summed E-state index contributed by atoms with van der Waals surface area (Å²) in [5.74, 6) is 1.53. The van der Waals surface area contributed by atoms with Crippen LogP contribution in [0.4, 0.5) is 0 Å². The normalized spacial score (nSPS) is 48.0. The Morgan fingerprint density at radius 2 is 1.88 bits per heavy atom. The maximum Gasteiger partial charge on any atom is 0.328 e. The molecule has 0 aromatic rings. The molecule has 1 saturated heterocycles. The van der Waals surface area contributed by atoms with Crippen LogP contribution in [0.1, 0.15) is 65.2 Å². The van der Waals surface area contributed by atoms with Crippen molar-refractivity contribution < 1.29 is 14.7 Å². The molecule has 0 spiro atoms. The van der Waals surface area contributed by atoms with Crippen LogP contribution in [0.2, 0.25) is 0 Å². The lowest BCUT2D eigenvalue weighted by atomic mass is 9.47. The first-order valence-corrected chi connectivity index (χ1v) is 9.97. The van der Waals surface area contributed by atoms with Crippen LogP contribution >= 0.6 is 0 Å². The van der Waals surface area contributed by atoms with Crippen molar-refractivity contribution >= 4 is 11.9 Å². The molecule has 0 aromatic carbocycles. The van der Waals surface area contributed by atoms with Crippen molar-refractivity contribution in [2.75, 3.05) is 7.05 Å². The molecule has 1 aliphatic heterocycles. The number of carbonyl (C=O) groups is 2. The van der Waals surface area contributed by atoms with Crippen molar-refractivity contribution in [3.63, 3.8) is 0 Å². The summed E-state index contributed by atoms with van der Waals surface area (Å²) >= 11 is 0. The van der Waals surface area contributed by atoms with E-state index in [1.807, 2.05) is 11.9 Å². The summed E-state index contributed by atoms with van der Waals surface area (Å²) in [4.78, 5) is 25.5.